The molecule has 2 aliphatic heterocycles. The maximum atomic E-state index is 14.7. The van der Waals surface area contributed by atoms with Crippen molar-refractivity contribution in [2.24, 2.45) is 5.41 Å². The monoisotopic (exact) mass is 1130 g/mol. The molecular formula is C58H81Cl2N11O8. The molecule has 10 atom stereocenters. The van der Waals surface area contributed by atoms with Gasteiger partial charge >= 0.3 is 0 Å². The maximum absolute atomic E-state index is 14.7. The number of nitrogens with zero attached hydrogens (tertiary/aromatic N) is 2. The number of halogens is 2. The van der Waals surface area contributed by atoms with Gasteiger partial charge in [0, 0.05) is 48.4 Å². The van der Waals surface area contributed by atoms with Crippen LogP contribution in [0.3, 0.4) is 0 Å². The second kappa shape index (κ2) is 28.4. The van der Waals surface area contributed by atoms with Crippen molar-refractivity contribution in [2.45, 2.75) is 160 Å². The highest BCUT2D eigenvalue weighted by Gasteiger charge is 2.47. The Labute approximate surface area is 477 Å². The lowest BCUT2D eigenvalue weighted by Crippen LogP contribution is -2.59. The average Bonchev–Trinajstić information content (AvgIpc) is 4.08. The third kappa shape index (κ3) is 15.6. The van der Waals surface area contributed by atoms with E-state index in [1.165, 1.54) is 28.0 Å². The summed E-state index contributed by atoms with van der Waals surface area (Å²) in [6, 6.07) is 12.5. The van der Waals surface area contributed by atoms with Crippen LogP contribution in [0.1, 0.15) is 142 Å². The minimum atomic E-state index is -1.15. The summed E-state index contributed by atoms with van der Waals surface area (Å²) < 4.78 is 0. The zero-order chi connectivity index (χ0) is 55.0. The van der Waals surface area contributed by atoms with Crippen LogP contribution >= 0.6 is 24.8 Å². The predicted molar refractivity (Wildman–Crippen MR) is 309 cm³/mol. The van der Waals surface area contributed by atoms with Gasteiger partial charge in [-0.05, 0) is 125 Å². The third-order valence-electron chi connectivity index (χ3n) is 15.3. The predicted octanol–water partition coefficient (Wildman–Crippen LogP) is 3.79. The van der Waals surface area contributed by atoms with Crippen LogP contribution in [0, 0.1) is 17.8 Å². The summed E-state index contributed by atoms with van der Waals surface area (Å²) in [5.41, 5.74) is 10.1. The molecule has 7 rings (SSSR count). The first-order valence-electron chi connectivity index (χ1n) is 26.5. The third-order valence-corrected chi connectivity index (χ3v) is 15.3. The molecule has 0 unspecified atom stereocenters. The van der Waals surface area contributed by atoms with E-state index in [-0.39, 0.29) is 105 Å². The van der Waals surface area contributed by atoms with Crippen molar-refractivity contribution in [3.8, 4) is 12.3 Å². The normalized spacial score (nSPS) is 21.6. The fourth-order valence-electron chi connectivity index (χ4n) is 10.8. The highest BCUT2D eigenvalue weighted by atomic mass is 35.5. The van der Waals surface area contributed by atoms with Crippen LogP contribution in [-0.2, 0) is 41.6 Å². The van der Waals surface area contributed by atoms with E-state index < -0.39 is 89.2 Å². The van der Waals surface area contributed by atoms with Crippen LogP contribution in [0.15, 0.2) is 66.7 Å². The maximum Gasteiger partial charge on any atom is 0.251 e. The van der Waals surface area contributed by atoms with Gasteiger partial charge in [0.15, 0.2) is 0 Å². The molecule has 8 amide bonds. The molecule has 21 heteroatoms. The first-order chi connectivity index (χ1) is 36.2. The molecule has 0 bridgehead atoms. The fraction of sp³-hybridized carbons (Fsp3) is 0.517. The molecule has 0 saturated carbocycles. The number of carbonyl (C=O) groups is 8. The first kappa shape index (κ1) is 64.8. The quantitative estimate of drug-likeness (QED) is 0.0694. The molecule has 10 N–H and O–H groups in total. The Bertz CT molecular complexity index is 2750. The van der Waals surface area contributed by atoms with Crippen LogP contribution in [0.25, 0.3) is 0 Å². The Kier molecular flexibility index (Phi) is 23.3. The number of rotatable bonds is 17. The lowest BCUT2D eigenvalue weighted by molar-refractivity contribution is -0.144. The van der Waals surface area contributed by atoms with Gasteiger partial charge in [-0.2, -0.15) is 0 Å². The Hall–Kier alpha value is -6.72. The van der Waals surface area contributed by atoms with Crippen LogP contribution in [0.4, 0.5) is 5.69 Å². The lowest BCUT2D eigenvalue weighted by atomic mass is 9.85. The van der Waals surface area contributed by atoms with Gasteiger partial charge in [-0.3, -0.25) is 38.4 Å². The van der Waals surface area contributed by atoms with Crippen molar-refractivity contribution in [1.82, 2.24) is 52.3 Å². The number of aryl methyl sites for hydroxylation is 2. The number of benzene rings is 3. The van der Waals surface area contributed by atoms with Crippen molar-refractivity contribution < 1.29 is 38.4 Å². The number of terminal acetylenes is 1. The van der Waals surface area contributed by atoms with Gasteiger partial charge in [-0.25, -0.2) is 0 Å². The van der Waals surface area contributed by atoms with Crippen LogP contribution in [-0.4, -0.2) is 133 Å². The number of hydrogen-bond acceptors (Lipinski definition) is 11. The molecule has 79 heavy (non-hydrogen) atoms. The van der Waals surface area contributed by atoms with E-state index >= 15 is 0 Å². The van der Waals surface area contributed by atoms with E-state index in [2.05, 4.69) is 48.5 Å². The average molecular weight is 1130 g/mol. The molecule has 430 valence electrons. The Morgan fingerprint density at radius 2 is 1.09 bits per heavy atom. The molecule has 3 aromatic rings. The van der Waals surface area contributed by atoms with E-state index in [9.17, 15) is 38.4 Å². The second-order valence-corrected chi connectivity index (χ2v) is 21.8. The van der Waals surface area contributed by atoms with Crippen molar-refractivity contribution >= 4 is 77.8 Å². The molecule has 19 nitrogen and oxygen atoms in total. The van der Waals surface area contributed by atoms with E-state index in [1.807, 2.05) is 69.3 Å². The fourth-order valence-corrected chi connectivity index (χ4v) is 10.8. The molecule has 4 aliphatic rings. The summed E-state index contributed by atoms with van der Waals surface area (Å²) in [6.07, 6.45) is 10.5. The van der Waals surface area contributed by atoms with Gasteiger partial charge in [0.1, 0.15) is 24.2 Å². The minimum absolute atomic E-state index is 0. The zero-order valence-corrected chi connectivity index (χ0v) is 47.2. The summed E-state index contributed by atoms with van der Waals surface area (Å²) in [5, 5.41) is 23.7. The van der Waals surface area contributed by atoms with Gasteiger partial charge in [-0.15, -0.1) is 37.2 Å². The topological polar surface area (TPSA) is 265 Å². The molecule has 0 radical (unpaired) electrons. The smallest absolute Gasteiger partial charge is 0.251 e. The van der Waals surface area contributed by atoms with E-state index in [1.54, 1.807) is 27.9 Å². The summed E-state index contributed by atoms with van der Waals surface area (Å²) in [7, 11) is 3.25. The van der Waals surface area contributed by atoms with E-state index in [4.69, 9.17) is 12.2 Å². The van der Waals surface area contributed by atoms with Crippen molar-refractivity contribution in [3.63, 3.8) is 0 Å². The van der Waals surface area contributed by atoms with Gasteiger partial charge in [0.05, 0.1) is 24.2 Å². The number of fused-ring (bicyclic) bond motifs is 2. The van der Waals surface area contributed by atoms with Crippen LogP contribution in [0.5, 0.6) is 0 Å². The molecule has 2 aliphatic carbocycles. The van der Waals surface area contributed by atoms with E-state index in [0.717, 1.165) is 47.9 Å². The largest absolute Gasteiger partial charge is 0.399 e. The number of nitrogens with one attached hydrogen (secondary N) is 8. The molecular weight excluding hydrogens is 1050 g/mol. The van der Waals surface area contributed by atoms with E-state index in [0.29, 0.717) is 12.8 Å². The standard InChI is InChI=1S/C57H75N11O8.CH4.2ClH/c1-9-16-45(65-49(69)32(2)59-7)55(75)67-30-39(28-46(67)53(73)63-43-23-14-19-34-17-10-12-21-41(34)43)61-51(71)36-25-37(27-38(58)26-36)52(72)62-40-29-47(54(74)64-44-24-15-20-35-18-11-13-22-42(35)44)68(31-40)56(76)48(57(4,5)6)66-50(70)33(3)60-8;;;/h1,10-13,17-18,21-22,25-27,32-33,39-40,43-48,59-60H,14-16,19-20,23-24,28-31,58H2,2-8H3,(H,61,71)(H,62,72)(H,63,73)(H,64,74)(H,65,69)(H,66,70);1H4;2*1H/t32-,33-,39-,40-,43+,44+,45-,46-,47-,48+;;;/m0.../s1. The first-order valence-corrected chi connectivity index (χ1v) is 26.5. The molecule has 2 fully saturated rings. The molecule has 0 spiro atoms. The number of amides is 8. The zero-order valence-electron chi connectivity index (χ0n) is 45.5. The van der Waals surface area contributed by atoms with Crippen molar-refractivity contribution in [3.05, 3.63) is 100 Å². The van der Waals surface area contributed by atoms with Crippen LogP contribution < -0.4 is 48.3 Å². The van der Waals surface area contributed by atoms with Gasteiger partial charge in [0.25, 0.3) is 11.8 Å². The summed E-state index contributed by atoms with van der Waals surface area (Å²) in [4.78, 5) is 115. The van der Waals surface area contributed by atoms with Crippen molar-refractivity contribution in [2.75, 3.05) is 32.9 Å². The summed E-state index contributed by atoms with van der Waals surface area (Å²) >= 11 is 0. The number of nitrogens with two attached hydrogens (primary N) is 1. The number of likely N-dealkylation sites (tertiary alicyclic amines) is 2. The summed E-state index contributed by atoms with van der Waals surface area (Å²) in [6.45, 7) is 8.66. The number of carbonyl (C=O) groups excluding carboxylic acids is 8. The molecule has 3 aromatic carbocycles. The second-order valence-electron chi connectivity index (χ2n) is 21.8. The Balaban J connectivity index is 0.00000448. The van der Waals surface area contributed by atoms with Gasteiger partial charge in [0.2, 0.25) is 35.4 Å². The highest BCUT2D eigenvalue weighted by molar-refractivity contribution is 6.02. The van der Waals surface area contributed by atoms with Crippen LogP contribution in [0.2, 0.25) is 0 Å². The Morgan fingerprint density at radius 1 is 0.658 bits per heavy atom. The number of likely N-dealkylation sites (N-methyl/N-ethyl adjacent to an activating group) is 2. The highest BCUT2D eigenvalue weighted by Crippen LogP contribution is 2.33. The molecule has 2 heterocycles. The minimum Gasteiger partial charge on any atom is -0.399 e. The SMILES string of the molecule is C.C#CC[C@H](NC(=O)[C@H](C)NC)C(=O)N1C[C@@H](NC(=O)c2cc(N)cc(C(=O)N[C@H]3C[C@@H](C(=O)N[C@@H]4CCCc5ccccc54)N(C(=O)[C@@H](NC(=O)[C@H](C)NC)C(C)(C)C)C3)c2)C[C@H]1C(=O)N[C@@H]1CCCc2ccccc21.Cl.Cl. The molecule has 2 saturated heterocycles. The van der Waals surface area contributed by atoms with Gasteiger partial charge < -0.3 is 58.1 Å². The summed E-state index contributed by atoms with van der Waals surface area (Å²) in [5.74, 6) is -1.47. The molecule has 0 aromatic heterocycles. The van der Waals surface area contributed by atoms with Crippen molar-refractivity contribution in [1.29, 1.82) is 0 Å². The number of nitrogen functional groups attached to an aromatic ring is 1. The lowest BCUT2D eigenvalue weighted by Gasteiger charge is -2.36. The number of hydrogen-bond donors (Lipinski definition) is 9. The number of anilines is 1. The Morgan fingerprint density at radius 3 is 1.52 bits per heavy atom. The van der Waals surface area contributed by atoms with Gasteiger partial charge in [-0.1, -0.05) is 76.7 Å².